The summed E-state index contributed by atoms with van der Waals surface area (Å²) in [6.45, 7) is 5.16. The SMILES string of the molecule is CC(C)(C)C(=O)OO.OCCCO. The lowest BCUT2D eigenvalue weighted by Crippen LogP contribution is -2.21. The first-order valence-electron chi connectivity index (χ1n) is 3.97. The Balaban J connectivity index is 0. The summed E-state index contributed by atoms with van der Waals surface area (Å²) in [5.74, 6) is -0.613. The molecule has 5 heteroatoms. The maximum atomic E-state index is 10.4. The molecule has 0 heterocycles. The van der Waals surface area contributed by atoms with E-state index in [1.54, 1.807) is 20.8 Å². The zero-order chi connectivity index (χ0) is 10.9. The van der Waals surface area contributed by atoms with Crippen LogP contribution in [0.15, 0.2) is 0 Å². The van der Waals surface area contributed by atoms with Gasteiger partial charge in [0.15, 0.2) is 0 Å². The Morgan fingerprint density at radius 2 is 1.62 bits per heavy atom. The Labute approximate surface area is 77.9 Å². The summed E-state index contributed by atoms with van der Waals surface area (Å²) in [4.78, 5) is 13.8. The molecule has 0 saturated heterocycles. The van der Waals surface area contributed by atoms with Crippen molar-refractivity contribution in [2.75, 3.05) is 13.2 Å². The summed E-state index contributed by atoms with van der Waals surface area (Å²) in [6.07, 6.45) is 0.500. The van der Waals surface area contributed by atoms with Crippen molar-refractivity contribution in [2.45, 2.75) is 27.2 Å². The quantitative estimate of drug-likeness (QED) is 0.438. The fraction of sp³-hybridized carbons (Fsp3) is 0.875. The lowest BCUT2D eigenvalue weighted by molar-refractivity contribution is -0.243. The highest BCUT2D eigenvalue weighted by Crippen LogP contribution is 2.13. The van der Waals surface area contributed by atoms with Crippen LogP contribution < -0.4 is 0 Å². The van der Waals surface area contributed by atoms with Gasteiger partial charge in [-0.3, -0.25) is 0 Å². The molecule has 0 aliphatic carbocycles. The molecule has 0 aromatic rings. The molecule has 3 N–H and O–H groups in total. The van der Waals surface area contributed by atoms with E-state index >= 15 is 0 Å². The van der Waals surface area contributed by atoms with Crippen LogP contribution >= 0.6 is 0 Å². The minimum Gasteiger partial charge on any atom is -0.396 e. The van der Waals surface area contributed by atoms with Gasteiger partial charge in [-0.05, 0) is 27.2 Å². The maximum Gasteiger partial charge on any atom is 0.347 e. The summed E-state index contributed by atoms with van der Waals surface area (Å²) in [6, 6.07) is 0. The Morgan fingerprint density at radius 1 is 1.23 bits per heavy atom. The van der Waals surface area contributed by atoms with E-state index < -0.39 is 11.4 Å². The minimum absolute atomic E-state index is 0.0938. The highest BCUT2D eigenvalue weighted by Gasteiger charge is 2.22. The molecule has 0 aliphatic heterocycles. The average molecular weight is 194 g/mol. The molecule has 0 aliphatic rings. The molecule has 0 aromatic heterocycles. The van der Waals surface area contributed by atoms with E-state index in [9.17, 15) is 4.79 Å². The second-order valence-electron chi connectivity index (χ2n) is 3.43. The third kappa shape index (κ3) is 11.3. The highest BCUT2D eigenvalue weighted by atomic mass is 17.1. The molecule has 0 unspecified atom stereocenters. The standard InChI is InChI=1S/C5H10O3.C3H8O2/c1-5(2,3)4(6)8-7;4-2-1-3-5/h7H,1-3H3;4-5H,1-3H2. The van der Waals surface area contributed by atoms with Crippen LogP contribution in [0.1, 0.15) is 27.2 Å². The van der Waals surface area contributed by atoms with Crippen molar-refractivity contribution < 1.29 is 25.2 Å². The van der Waals surface area contributed by atoms with Gasteiger partial charge >= 0.3 is 5.97 Å². The molecule has 0 bridgehead atoms. The third-order valence-electron chi connectivity index (χ3n) is 1.01. The number of rotatable bonds is 2. The first kappa shape index (κ1) is 14.9. The Kier molecular flexibility index (Phi) is 9.11. The summed E-state index contributed by atoms with van der Waals surface area (Å²) < 4.78 is 0. The van der Waals surface area contributed by atoms with Gasteiger partial charge in [-0.15, -0.1) is 0 Å². The molecule has 0 spiro atoms. The zero-order valence-corrected chi connectivity index (χ0v) is 8.28. The van der Waals surface area contributed by atoms with Crippen LogP contribution in [-0.2, 0) is 9.68 Å². The summed E-state index contributed by atoms with van der Waals surface area (Å²) >= 11 is 0. The second-order valence-corrected chi connectivity index (χ2v) is 3.43. The van der Waals surface area contributed by atoms with E-state index in [4.69, 9.17) is 15.5 Å². The van der Waals surface area contributed by atoms with Crippen LogP contribution in [0.25, 0.3) is 0 Å². The van der Waals surface area contributed by atoms with Crippen LogP contribution in [0.3, 0.4) is 0 Å². The molecule has 0 rings (SSSR count). The van der Waals surface area contributed by atoms with Gasteiger partial charge in [0, 0.05) is 13.2 Å². The zero-order valence-electron chi connectivity index (χ0n) is 8.28. The van der Waals surface area contributed by atoms with Crippen molar-refractivity contribution >= 4 is 5.97 Å². The van der Waals surface area contributed by atoms with Gasteiger partial charge in [0.05, 0.1) is 5.41 Å². The van der Waals surface area contributed by atoms with Crippen molar-refractivity contribution in [3.8, 4) is 0 Å². The van der Waals surface area contributed by atoms with Crippen LogP contribution in [0.2, 0.25) is 0 Å². The van der Waals surface area contributed by atoms with E-state index in [-0.39, 0.29) is 13.2 Å². The van der Waals surface area contributed by atoms with E-state index in [1.807, 2.05) is 0 Å². The maximum absolute atomic E-state index is 10.4. The Hall–Kier alpha value is -0.650. The third-order valence-corrected chi connectivity index (χ3v) is 1.01. The summed E-state index contributed by atoms with van der Waals surface area (Å²) in [5.41, 5.74) is -0.602. The lowest BCUT2D eigenvalue weighted by Gasteiger charge is -2.11. The van der Waals surface area contributed by atoms with Gasteiger partial charge < -0.3 is 15.1 Å². The number of carbonyl (C=O) groups excluding carboxylic acids is 1. The molecular weight excluding hydrogens is 176 g/mol. The van der Waals surface area contributed by atoms with Gasteiger partial charge in [0.25, 0.3) is 0 Å². The number of hydrogen-bond acceptors (Lipinski definition) is 5. The fourth-order valence-corrected chi connectivity index (χ4v) is 0.208. The van der Waals surface area contributed by atoms with Gasteiger partial charge in [-0.25, -0.2) is 4.79 Å². The van der Waals surface area contributed by atoms with Gasteiger partial charge in [-0.1, -0.05) is 0 Å². The van der Waals surface area contributed by atoms with Crippen molar-refractivity contribution in [2.24, 2.45) is 5.41 Å². The van der Waals surface area contributed by atoms with E-state index in [1.165, 1.54) is 0 Å². The van der Waals surface area contributed by atoms with Crippen molar-refractivity contribution in [1.82, 2.24) is 0 Å². The van der Waals surface area contributed by atoms with Crippen LogP contribution in [0.5, 0.6) is 0 Å². The molecule has 0 aromatic carbocycles. The predicted octanol–water partition coefficient (Wildman–Crippen LogP) is 0.410. The van der Waals surface area contributed by atoms with Crippen LogP contribution in [0.4, 0.5) is 0 Å². The molecule has 13 heavy (non-hydrogen) atoms. The minimum atomic E-state index is -0.613. The smallest absolute Gasteiger partial charge is 0.347 e. The van der Waals surface area contributed by atoms with E-state index in [0.717, 1.165) is 0 Å². The molecule has 0 amide bonds. The Bertz CT molecular complexity index is 125. The topological polar surface area (TPSA) is 87.0 Å². The molecule has 80 valence electrons. The first-order valence-corrected chi connectivity index (χ1v) is 3.97. The number of carbonyl (C=O) groups is 1. The average Bonchev–Trinajstić information content (AvgIpc) is 2.04. The number of aliphatic hydroxyl groups excluding tert-OH is 2. The molecular formula is C8H18O5. The van der Waals surface area contributed by atoms with Crippen LogP contribution in [-0.4, -0.2) is 34.7 Å². The largest absolute Gasteiger partial charge is 0.396 e. The van der Waals surface area contributed by atoms with Gasteiger partial charge in [0.1, 0.15) is 0 Å². The Morgan fingerprint density at radius 3 is 1.62 bits per heavy atom. The lowest BCUT2D eigenvalue weighted by atomic mass is 9.98. The molecule has 5 nitrogen and oxygen atoms in total. The predicted molar refractivity (Wildman–Crippen MR) is 47.0 cm³/mol. The molecule has 0 saturated carbocycles. The first-order chi connectivity index (χ1) is 5.90. The van der Waals surface area contributed by atoms with Crippen LogP contribution in [0, 0.1) is 5.41 Å². The number of aliphatic hydroxyl groups is 2. The monoisotopic (exact) mass is 194 g/mol. The van der Waals surface area contributed by atoms with Crippen molar-refractivity contribution in [3.63, 3.8) is 0 Å². The van der Waals surface area contributed by atoms with Gasteiger partial charge in [0.2, 0.25) is 0 Å². The normalized spacial score (nSPS) is 10.0. The highest BCUT2D eigenvalue weighted by molar-refractivity contribution is 5.74. The van der Waals surface area contributed by atoms with Crippen molar-refractivity contribution in [1.29, 1.82) is 0 Å². The van der Waals surface area contributed by atoms with Crippen molar-refractivity contribution in [3.05, 3.63) is 0 Å². The molecule has 0 radical (unpaired) electrons. The van der Waals surface area contributed by atoms with E-state index in [0.29, 0.717) is 6.42 Å². The number of hydrogen-bond donors (Lipinski definition) is 3. The van der Waals surface area contributed by atoms with E-state index in [2.05, 4.69) is 4.89 Å². The molecule has 0 atom stereocenters. The molecule has 0 fully saturated rings. The fourth-order valence-electron chi connectivity index (χ4n) is 0.208. The second kappa shape index (κ2) is 7.97. The summed E-state index contributed by atoms with van der Waals surface area (Å²) in [5, 5.41) is 23.6. The van der Waals surface area contributed by atoms with Gasteiger partial charge in [-0.2, -0.15) is 5.26 Å². The summed E-state index contributed by atoms with van der Waals surface area (Å²) in [7, 11) is 0.